The van der Waals surface area contributed by atoms with Crippen molar-refractivity contribution in [1.82, 2.24) is 4.72 Å². The summed E-state index contributed by atoms with van der Waals surface area (Å²) in [7, 11) is -3.44. The van der Waals surface area contributed by atoms with E-state index in [0.29, 0.717) is 17.9 Å². The van der Waals surface area contributed by atoms with Gasteiger partial charge in [0.25, 0.3) is 0 Å². The van der Waals surface area contributed by atoms with E-state index in [0.717, 1.165) is 29.7 Å². The van der Waals surface area contributed by atoms with Crippen LogP contribution in [-0.2, 0) is 16.4 Å². The van der Waals surface area contributed by atoms with E-state index in [1.54, 1.807) is 12.1 Å². The second-order valence-corrected chi connectivity index (χ2v) is 7.94. The average molecular weight is 310 g/mol. The number of nitrogens with two attached hydrogens (primary N) is 1. The van der Waals surface area contributed by atoms with Gasteiger partial charge in [-0.2, -0.15) is 0 Å². The van der Waals surface area contributed by atoms with Crippen LogP contribution in [0.2, 0.25) is 0 Å². The van der Waals surface area contributed by atoms with Gasteiger partial charge >= 0.3 is 0 Å². The van der Waals surface area contributed by atoms with Gasteiger partial charge in [0.05, 0.1) is 4.90 Å². The van der Waals surface area contributed by atoms with Gasteiger partial charge in [-0.25, -0.2) is 13.1 Å². The van der Waals surface area contributed by atoms with Crippen molar-refractivity contribution in [2.75, 3.05) is 6.54 Å². The lowest BCUT2D eigenvalue weighted by molar-refractivity contribution is 0.239. The number of sulfonamides is 1. The molecule has 116 valence electrons. The number of ether oxygens (including phenoxy) is 1. The van der Waals surface area contributed by atoms with Crippen LogP contribution in [0.4, 0.5) is 0 Å². The lowest BCUT2D eigenvalue weighted by Crippen LogP contribution is -2.26. The van der Waals surface area contributed by atoms with Gasteiger partial charge in [0.15, 0.2) is 0 Å². The minimum atomic E-state index is -3.44. The first-order chi connectivity index (χ1) is 9.90. The minimum Gasteiger partial charge on any atom is -0.488 e. The van der Waals surface area contributed by atoms with Crippen LogP contribution in [-0.4, -0.2) is 27.1 Å². The van der Waals surface area contributed by atoms with Crippen LogP contribution in [0.25, 0.3) is 0 Å². The number of hydrogen-bond acceptors (Lipinski definition) is 4. The quantitative estimate of drug-likeness (QED) is 0.864. The number of benzene rings is 1. The predicted molar refractivity (Wildman–Crippen MR) is 81.0 cm³/mol. The molecular formula is C15H22N2O3S. The van der Waals surface area contributed by atoms with Crippen LogP contribution in [0.1, 0.15) is 43.7 Å². The van der Waals surface area contributed by atoms with Crippen molar-refractivity contribution in [3.8, 4) is 5.75 Å². The highest BCUT2D eigenvalue weighted by Crippen LogP contribution is 2.38. The number of nitrogens with one attached hydrogen (secondary N) is 1. The van der Waals surface area contributed by atoms with Crippen molar-refractivity contribution < 1.29 is 13.2 Å². The van der Waals surface area contributed by atoms with E-state index in [1.165, 1.54) is 0 Å². The Bertz CT molecular complexity index is 651. The summed E-state index contributed by atoms with van der Waals surface area (Å²) in [6, 6.07) is 3.59. The maximum absolute atomic E-state index is 12.4. The molecule has 6 heteroatoms. The molecule has 1 unspecified atom stereocenters. The monoisotopic (exact) mass is 310 g/mol. The Labute approximate surface area is 125 Å². The molecule has 0 saturated heterocycles. The molecule has 2 aliphatic rings. The maximum atomic E-state index is 12.4. The third-order valence-electron chi connectivity index (χ3n) is 3.99. The molecule has 0 aromatic heterocycles. The van der Waals surface area contributed by atoms with E-state index in [4.69, 9.17) is 10.5 Å². The van der Waals surface area contributed by atoms with Gasteiger partial charge in [-0.05, 0) is 42.0 Å². The van der Waals surface area contributed by atoms with E-state index in [2.05, 4.69) is 4.72 Å². The molecule has 1 heterocycles. The molecule has 1 aromatic carbocycles. The zero-order valence-electron chi connectivity index (χ0n) is 12.4. The van der Waals surface area contributed by atoms with Crippen molar-refractivity contribution in [3.63, 3.8) is 0 Å². The van der Waals surface area contributed by atoms with Crippen LogP contribution in [0.15, 0.2) is 17.0 Å². The Morgan fingerprint density at radius 1 is 1.38 bits per heavy atom. The molecule has 1 saturated carbocycles. The fourth-order valence-corrected chi connectivity index (χ4v) is 4.03. The molecule has 1 aliphatic heterocycles. The van der Waals surface area contributed by atoms with Gasteiger partial charge in [0, 0.05) is 19.0 Å². The third kappa shape index (κ3) is 2.93. The summed E-state index contributed by atoms with van der Waals surface area (Å²) in [4.78, 5) is 0.345. The zero-order chi connectivity index (χ0) is 15.2. The molecule has 5 nitrogen and oxygen atoms in total. The first kappa shape index (κ1) is 14.8. The lowest BCUT2D eigenvalue weighted by Gasteiger charge is -2.15. The highest BCUT2D eigenvalue weighted by Gasteiger charge is 2.31. The topological polar surface area (TPSA) is 81.4 Å². The first-order valence-electron chi connectivity index (χ1n) is 7.46. The largest absolute Gasteiger partial charge is 0.488 e. The Morgan fingerprint density at radius 2 is 2.10 bits per heavy atom. The van der Waals surface area contributed by atoms with Gasteiger partial charge in [0.2, 0.25) is 10.0 Å². The summed E-state index contributed by atoms with van der Waals surface area (Å²) < 4.78 is 33.5. The first-order valence-corrected chi connectivity index (χ1v) is 8.95. The second kappa shape index (κ2) is 5.26. The van der Waals surface area contributed by atoms with Gasteiger partial charge in [-0.1, -0.05) is 13.8 Å². The smallest absolute Gasteiger partial charge is 0.240 e. The highest BCUT2D eigenvalue weighted by atomic mass is 32.2. The molecule has 0 spiro atoms. The van der Waals surface area contributed by atoms with E-state index >= 15 is 0 Å². The normalized spacial score (nSPS) is 21.4. The Kier molecular flexibility index (Phi) is 3.71. The van der Waals surface area contributed by atoms with Crippen LogP contribution >= 0.6 is 0 Å². The standard InChI is InChI=1S/C15H22N2O3S/c1-9(2)14-7-13(21(18,19)17-11-3-4-11)6-10-5-12(8-16)20-15(10)14/h6-7,9,11-12,17H,3-5,8,16H2,1-2H3. The molecule has 0 bridgehead atoms. The van der Waals surface area contributed by atoms with Crippen molar-refractivity contribution in [2.45, 2.75) is 56.1 Å². The van der Waals surface area contributed by atoms with Crippen molar-refractivity contribution in [3.05, 3.63) is 23.3 Å². The lowest BCUT2D eigenvalue weighted by atomic mass is 9.98. The summed E-state index contributed by atoms with van der Waals surface area (Å²) in [6.45, 7) is 4.52. The van der Waals surface area contributed by atoms with Crippen LogP contribution in [0.3, 0.4) is 0 Å². The SMILES string of the molecule is CC(C)c1cc(S(=O)(=O)NC2CC2)cc2c1OC(CN)C2. The summed E-state index contributed by atoms with van der Waals surface area (Å²) >= 11 is 0. The third-order valence-corrected chi connectivity index (χ3v) is 5.49. The summed E-state index contributed by atoms with van der Waals surface area (Å²) in [5.41, 5.74) is 7.58. The molecule has 21 heavy (non-hydrogen) atoms. The zero-order valence-corrected chi connectivity index (χ0v) is 13.2. The van der Waals surface area contributed by atoms with Gasteiger partial charge in [-0.15, -0.1) is 0 Å². The maximum Gasteiger partial charge on any atom is 0.240 e. The molecule has 0 radical (unpaired) electrons. The fraction of sp³-hybridized carbons (Fsp3) is 0.600. The van der Waals surface area contributed by atoms with Crippen LogP contribution in [0.5, 0.6) is 5.75 Å². The summed E-state index contributed by atoms with van der Waals surface area (Å²) in [5, 5.41) is 0. The summed E-state index contributed by atoms with van der Waals surface area (Å²) in [5.74, 6) is 1.03. The Morgan fingerprint density at radius 3 is 2.67 bits per heavy atom. The number of rotatable bonds is 5. The Balaban J connectivity index is 2.02. The molecule has 1 fully saturated rings. The van der Waals surface area contributed by atoms with Crippen LogP contribution in [0, 0.1) is 0 Å². The summed E-state index contributed by atoms with van der Waals surface area (Å²) in [6.07, 6.45) is 2.49. The number of hydrogen-bond donors (Lipinski definition) is 2. The highest BCUT2D eigenvalue weighted by molar-refractivity contribution is 7.89. The average Bonchev–Trinajstić information content (AvgIpc) is 3.11. The van der Waals surface area contributed by atoms with E-state index in [9.17, 15) is 8.42 Å². The molecule has 1 aromatic rings. The van der Waals surface area contributed by atoms with Crippen molar-refractivity contribution in [1.29, 1.82) is 0 Å². The molecule has 3 rings (SSSR count). The van der Waals surface area contributed by atoms with E-state index < -0.39 is 10.0 Å². The minimum absolute atomic E-state index is 0.0492. The van der Waals surface area contributed by atoms with E-state index in [-0.39, 0.29) is 18.1 Å². The van der Waals surface area contributed by atoms with Crippen molar-refractivity contribution >= 4 is 10.0 Å². The number of fused-ring (bicyclic) bond motifs is 1. The van der Waals surface area contributed by atoms with Gasteiger partial charge in [0.1, 0.15) is 11.9 Å². The van der Waals surface area contributed by atoms with E-state index in [1.807, 2.05) is 13.8 Å². The second-order valence-electron chi connectivity index (χ2n) is 6.23. The van der Waals surface area contributed by atoms with Gasteiger partial charge in [-0.3, -0.25) is 0 Å². The molecule has 1 atom stereocenters. The Hall–Kier alpha value is -1.11. The molecule has 1 aliphatic carbocycles. The van der Waals surface area contributed by atoms with Crippen LogP contribution < -0.4 is 15.2 Å². The van der Waals surface area contributed by atoms with Crippen molar-refractivity contribution in [2.24, 2.45) is 5.73 Å². The predicted octanol–water partition coefficient (Wildman–Crippen LogP) is 1.51. The molecule has 0 amide bonds. The van der Waals surface area contributed by atoms with Gasteiger partial charge < -0.3 is 10.5 Å². The fourth-order valence-electron chi connectivity index (χ4n) is 2.64. The molecular weight excluding hydrogens is 288 g/mol. The molecule has 3 N–H and O–H groups in total.